The van der Waals surface area contributed by atoms with E-state index in [1.807, 2.05) is 28.2 Å². The van der Waals surface area contributed by atoms with Crippen LogP contribution in [-0.2, 0) is 4.79 Å². The van der Waals surface area contributed by atoms with Crippen molar-refractivity contribution in [3.8, 4) is 11.3 Å². The van der Waals surface area contributed by atoms with Crippen molar-refractivity contribution in [1.29, 1.82) is 0 Å². The fourth-order valence-corrected chi connectivity index (χ4v) is 2.97. The summed E-state index contributed by atoms with van der Waals surface area (Å²) in [5, 5.41) is 4.37. The Morgan fingerprint density at radius 3 is 2.83 bits per heavy atom. The molecule has 6 nitrogen and oxygen atoms in total. The van der Waals surface area contributed by atoms with Crippen molar-refractivity contribution in [2.75, 3.05) is 13.1 Å². The van der Waals surface area contributed by atoms with Gasteiger partial charge in [0, 0.05) is 49.9 Å². The Balaban J connectivity index is 1.83. The number of aromatic nitrogens is 4. The molecule has 3 rings (SSSR count). The minimum Gasteiger partial charge on any atom is -0.342 e. The Bertz CT molecular complexity index is 694. The number of amides is 1. The molecular weight excluding hydrogens is 290 g/mol. The molecule has 0 saturated carbocycles. The number of carbonyl (C=O) groups is 1. The lowest BCUT2D eigenvalue weighted by molar-refractivity contribution is -0.130. The van der Waals surface area contributed by atoms with Crippen LogP contribution in [0.4, 0.5) is 0 Å². The number of nitrogens with zero attached hydrogens (tertiary/aromatic N) is 5. The lowest BCUT2D eigenvalue weighted by Crippen LogP contribution is -2.37. The molecule has 1 unspecified atom stereocenters. The van der Waals surface area contributed by atoms with Crippen LogP contribution in [0, 0.1) is 0 Å². The lowest BCUT2D eigenvalue weighted by atomic mass is 9.95. The molecule has 2 aromatic rings. The smallest absolute Gasteiger partial charge is 0.219 e. The average Bonchev–Trinajstić information content (AvgIpc) is 3.05. The van der Waals surface area contributed by atoms with E-state index in [1.54, 1.807) is 13.1 Å². The molecule has 1 atom stereocenters. The van der Waals surface area contributed by atoms with E-state index in [-0.39, 0.29) is 11.8 Å². The van der Waals surface area contributed by atoms with E-state index < -0.39 is 0 Å². The molecule has 1 saturated heterocycles. The van der Waals surface area contributed by atoms with Crippen LogP contribution in [0.3, 0.4) is 0 Å². The fourth-order valence-electron chi connectivity index (χ4n) is 2.97. The van der Waals surface area contributed by atoms with Gasteiger partial charge in [-0.2, -0.15) is 5.10 Å². The maximum atomic E-state index is 11.6. The van der Waals surface area contributed by atoms with Crippen molar-refractivity contribution in [3.05, 3.63) is 30.5 Å². The van der Waals surface area contributed by atoms with Gasteiger partial charge in [-0.1, -0.05) is 0 Å². The third-order valence-electron chi connectivity index (χ3n) is 4.36. The van der Waals surface area contributed by atoms with Gasteiger partial charge in [0.1, 0.15) is 0 Å². The molecule has 0 spiro atoms. The summed E-state index contributed by atoms with van der Waals surface area (Å²) in [5.74, 6) is 0.400. The Kier molecular flexibility index (Phi) is 4.41. The molecule has 23 heavy (non-hydrogen) atoms. The largest absolute Gasteiger partial charge is 0.342 e. The summed E-state index contributed by atoms with van der Waals surface area (Å²) in [5.41, 5.74) is 2.78. The van der Waals surface area contributed by atoms with Crippen LogP contribution < -0.4 is 0 Å². The molecule has 6 heteroatoms. The van der Waals surface area contributed by atoms with Gasteiger partial charge >= 0.3 is 0 Å². The van der Waals surface area contributed by atoms with E-state index in [2.05, 4.69) is 23.9 Å². The van der Waals surface area contributed by atoms with E-state index in [4.69, 9.17) is 4.98 Å². The summed E-state index contributed by atoms with van der Waals surface area (Å²) < 4.78 is 1.92. The second-order valence-corrected chi connectivity index (χ2v) is 6.44. The summed E-state index contributed by atoms with van der Waals surface area (Å²) >= 11 is 0. The molecular formula is C17H23N5O. The molecule has 0 bridgehead atoms. The van der Waals surface area contributed by atoms with Crippen LogP contribution >= 0.6 is 0 Å². The second kappa shape index (κ2) is 6.48. The van der Waals surface area contributed by atoms with Crippen molar-refractivity contribution in [2.45, 2.75) is 45.6 Å². The first-order valence-electron chi connectivity index (χ1n) is 8.16. The second-order valence-electron chi connectivity index (χ2n) is 6.44. The quantitative estimate of drug-likeness (QED) is 0.874. The van der Waals surface area contributed by atoms with E-state index >= 15 is 0 Å². The molecule has 122 valence electrons. The zero-order chi connectivity index (χ0) is 16.4. The third-order valence-corrected chi connectivity index (χ3v) is 4.36. The highest BCUT2D eigenvalue weighted by Gasteiger charge is 2.24. The summed E-state index contributed by atoms with van der Waals surface area (Å²) in [6, 6.07) is 0.322. The lowest BCUT2D eigenvalue weighted by Gasteiger charge is -2.31. The van der Waals surface area contributed by atoms with Crippen molar-refractivity contribution in [3.63, 3.8) is 0 Å². The third kappa shape index (κ3) is 3.41. The van der Waals surface area contributed by atoms with Crippen molar-refractivity contribution in [1.82, 2.24) is 24.6 Å². The van der Waals surface area contributed by atoms with Crippen LogP contribution in [0.1, 0.15) is 51.3 Å². The summed E-state index contributed by atoms with van der Waals surface area (Å²) in [6.45, 7) is 7.40. The zero-order valence-electron chi connectivity index (χ0n) is 13.9. The molecule has 1 aliphatic heterocycles. The summed E-state index contributed by atoms with van der Waals surface area (Å²) in [7, 11) is 0. The SMILES string of the molecule is CC(=O)N1CCCC(c2cncc(-c3cnn(C(C)C)c3)n2)C1. The predicted octanol–water partition coefficient (Wildman–Crippen LogP) is 2.65. The van der Waals surface area contributed by atoms with Crippen LogP contribution in [0.25, 0.3) is 11.3 Å². The summed E-state index contributed by atoms with van der Waals surface area (Å²) in [6.07, 6.45) is 9.49. The molecule has 0 radical (unpaired) electrons. The van der Waals surface area contributed by atoms with Gasteiger partial charge in [-0.25, -0.2) is 4.98 Å². The maximum absolute atomic E-state index is 11.6. The van der Waals surface area contributed by atoms with Crippen LogP contribution in [0.15, 0.2) is 24.8 Å². The average molecular weight is 313 g/mol. The Morgan fingerprint density at radius 2 is 2.13 bits per heavy atom. The van der Waals surface area contributed by atoms with Gasteiger partial charge in [-0.15, -0.1) is 0 Å². The van der Waals surface area contributed by atoms with Crippen LogP contribution in [0.2, 0.25) is 0 Å². The Labute approximate surface area is 136 Å². The standard InChI is InChI=1S/C17H23N5O/c1-12(2)22-11-15(7-19-22)17-9-18-8-16(20-17)14-5-4-6-21(10-14)13(3)23/h7-9,11-12,14H,4-6,10H2,1-3H3. The molecule has 0 aliphatic carbocycles. The highest BCUT2D eigenvalue weighted by Crippen LogP contribution is 2.27. The van der Waals surface area contributed by atoms with Crippen molar-refractivity contribution < 1.29 is 4.79 Å². The molecule has 1 aliphatic rings. The first-order valence-corrected chi connectivity index (χ1v) is 8.16. The van der Waals surface area contributed by atoms with E-state index in [9.17, 15) is 4.79 Å². The van der Waals surface area contributed by atoms with Gasteiger partial charge in [-0.05, 0) is 26.7 Å². The van der Waals surface area contributed by atoms with Crippen LogP contribution in [-0.4, -0.2) is 43.6 Å². The van der Waals surface area contributed by atoms with Gasteiger partial charge in [-0.3, -0.25) is 14.5 Å². The van der Waals surface area contributed by atoms with Gasteiger partial charge in [0.2, 0.25) is 5.91 Å². The first kappa shape index (κ1) is 15.6. The summed E-state index contributed by atoms with van der Waals surface area (Å²) in [4.78, 5) is 22.6. The van der Waals surface area contributed by atoms with Crippen molar-refractivity contribution in [2.24, 2.45) is 0 Å². The number of hydrogen-bond acceptors (Lipinski definition) is 4. The normalized spacial score (nSPS) is 18.4. The topological polar surface area (TPSA) is 63.9 Å². The maximum Gasteiger partial charge on any atom is 0.219 e. The molecule has 1 amide bonds. The van der Waals surface area contributed by atoms with Crippen LogP contribution in [0.5, 0.6) is 0 Å². The molecule has 1 fully saturated rings. The minimum absolute atomic E-state index is 0.136. The number of hydrogen-bond donors (Lipinski definition) is 0. The number of likely N-dealkylation sites (tertiary alicyclic amines) is 1. The Morgan fingerprint density at radius 1 is 1.30 bits per heavy atom. The van der Waals surface area contributed by atoms with Gasteiger partial charge in [0.15, 0.2) is 0 Å². The zero-order valence-corrected chi connectivity index (χ0v) is 13.9. The number of carbonyl (C=O) groups excluding carboxylic acids is 1. The first-order chi connectivity index (χ1) is 11.0. The predicted molar refractivity (Wildman–Crippen MR) is 87.9 cm³/mol. The number of piperidine rings is 1. The highest BCUT2D eigenvalue weighted by molar-refractivity contribution is 5.73. The minimum atomic E-state index is 0.136. The van der Waals surface area contributed by atoms with Gasteiger partial charge in [0.05, 0.1) is 23.8 Å². The fraction of sp³-hybridized carbons (Fsp3) is 0.529. The molecule has 3 heterocycles. The molecule has 2 aromatic heterocycles. The highest BCUT2D eigenvalue weighted by atomic mass is 16.2. The molecule has 0 N–H and O–H groups in total. The van der Waals surface area contributed by atoms with E-state index in [1.165, 1.54) is 0 Å². The van der Waals surface area contributed by atoms with E-state index in [0.29, 0.717) is 6.04 Å². The Hall–Kier alpha value is -2.24. The number of rotatable bonds is 3. The van der Waals surface area contributed by atoms with Gasteiger partial charge in [0.25, 0.3) is 0 Å². The molecule has 0 aromatic carbocycles. The van der Waals surface area contributed by atoms with Crippen molar-refractivity contribution >= 4 is 5.91 Å². The monoisotopic (exact) mass is 313 g/mol. The van der Waals surface area contributed by atoms with E-state index in [0.717, 1.165) is 42.9 Å². The van der Waals surface area contributed by atoms with Gasteiger partial charge < -0.3 is 4.90 Å².